The first-order chi connectivity index (χ1) is 21.2. The van der Waals surface area contributed by atoms with Crippen molar-refractivity contribution in [1.29, 1.82) is 0 Å². The van der Waals surface area contributed by atoms with Crippen LogP contribution in [0.1, 0.15) is 74.7 Å². The van der Waals surface area contributed by atoms with Crippen LogP contribution in [0.15, 0.2) is 0 Å². The van der Waals surface area contributed by atoms with Gasteiger partial charge in [-0.2, -0.15) is 0 Å². The predicted octanol–water partition coefficient (Wildman–Crippen LogP) is 0.203. The lowest BCUT2D eigenvalue weighted by molar-refractivity contribution is -0.148. The van der Waals surface area contributed by atoms with Crippen molar-refractivity contribution in [2.45, 2.75) is 105 Å². The molecular formula is C32H57N7O7. The molecule has 1 heterocycles. The van der Waals surface area contributed by atoms with Crippen molar-refractivity contribution in [3.63, 3.8) is 0 Å². The molecule has 1 rings (SSSR count). The van der Waals surface area contributed by atoms with E-state index in [0.717, 1.165) is 0 Å². The van der Waals surface area contributed by atoms with Crippen molar-refractivity contribution in [1.82, 2.24) is 35.6 Å². The Hall–Kier alpha value is -3.71. The summed E-state index contributed by atoms with van der Waals surface area (Å²) in [6.45, 7) is 13.5. The Bertz CT molecular complexity index is 1130. The number of hydrogen-bond acceptors (Lipinski definition) is 7. The van der Waals surface area contributed by atoms with Gasteiger partial charge in [0, 0.05) is 28.2 Å². The van der Waals surface area contributed by atoms with Crippen LogP contribution in [0.2, 0.25) is 0 Å². The smallest absolute Gasteiger partial charge is 0.245 e. The van der Waals surface area contributed by atoms with Crippen molar-refractivity contribution in [2.24, 2.45) is 17.8 Å². The molecule has 3 N–H and O–H groups in total. The third-order valence-electron chi connectivity index (χ3n) is 8.74. The fourth-order valence-electron chi connectivity index (χ4n) is 5.14. The van der Waals surface area contributed by atoms with Crippen molar-refractivity contribution < 1.29 is 33.6 Å². The number of nitrogens with zero attached hydrogens (tertiary/aromatic N) is 4. The quantitative estimate of drug-likeness (QED) is 0.369. The number of carbonyl (C=O) groups is 7. The molecule has 0 aliphatic carbocycles. The molecule has 262 valence electrons. The second kappa shape index (κ2) is 17.8. The molecule has 46 heavy (non-hydrogen) atoms. The van der Waals surface area contributed by atoms with Gasteiger partial charge in [0.2, 0.25) is 41.4 Å². The highest BCUT2D eigenvalue weighted by molar-refractivity contribution is 5.97. The Morgan fingerprint density at radius 1 is 0.696 bits per heavy atom. The highest BCUT2D eigenvalue weighted by Gasteiger charge is 2.37. The van der Waals surface area contributed by atoms with Crippen molar-refractivity contribution in [3.8, 4) is 0 Å². The monoisotopic (exact) mass is 651 g/mol. The van der Waals surface area contributed by atoms with Crippen LogP contribution >= 0.6 is 0 Å². The highest BCUT2D eigenvalue weighted by Crippen LogP contribution is 2.16. The van der Waals surface area contributed by atoms with E-state index in [1.165, 1.54) is 61.6 Å². The first-order valence-corrected chi connectivity index (χ1v) is 16.2. The van der Waals surface area contributed by atoms with E-state index >= 15 is 0 Å². The Morgan fingerprint density at radius 3 is 1.76 bits per heavy atom. The van der Waals surface area contributed by atoms with Gasteiger partial charge in [-0.3, -0.25) is 33.6 Å². The lowest BCUT2D eigenvalue weighted by atomic mass is 9.97. The van der Waals surface area contributed by atoms with Gasteiger partial charge < -0.3 is 35.6 Å². The Labute approximate surface area is 274 Å². The standard InChI is InChI=1S/C32H57N7O7/c1-13-20(6)27-32(46)36(9)17-26(41)39(12)24(15-19(4)5)29(43)34-23(14-18(2)3)31(45)38(11)22(8)30(44)37(10)21(7)28(42)33-16-25(40)35-27/h18-24,27H,13-17H2,1-12H3,(H,33,42)(H,34,43)(H,35,40)/t20?,21?,22?,23?,24-,27?/m0/s1. The van der Waals surface area contributed by atoms with Gasteiger partial charge in [0.05, 0.1) is 13.1 Å². The van der Waals surface area contributed by atoms with Gasteiger partial charge in [-0.15, -0.1) is 0 Å². The predicted molar refractivity (Wildman–Crippen MR) is 174 cm³/mol. The molecule has 0 aromatic rings. The van der Waals surface area contributed by atoms with E-state index in [-0.39, 0.29) is 30.7 Å². The zero-order valence-corrected chi connectivity index (χ0v) is 29.8. The zero-order chi connectivity index (χ0) is 35.6. The molecular weight excluding hydrogens is 594 g/mol. The second-order valence-electron chi connectivity index (χ2n) is 13.4. The minimum Gasteiger partial charge on any atom is -0.345 e. The van der Waals surface area contributed by atoms with E-state index in [2.05, 4.69) is 16.0 Å². The molecule has 1 aliphatic rings. The van der Waals surface area contributed by atoms with Crippen molar-refractivity contribution in [3.05, 3.63) is 0 Å². The van der Waals surface area contributed by atoms with Gasteiger partial charge in [0.15, 0.2) is 0 Å². The molecule has 0 bridgehead atoms. The lowest BCUT2D eigenvalue weighted by Crippen LogP contribution is -2.58. The van der Waals surface area contributed by atoms with Gasteiger partial charge in [0.1, 0.15) is 30.2 Å². The van der Waals surface area contributed by atoms with Crippen LogP contribution < -0.4 is 16.0 Å². The second-order valence-corrected chi connectivity index (χ2v) is 13.4. The first-order valence-electron chi connectivity index (χ1n) is 16.2. The molecule has 6 atom stereocenters. The fraction of sp³-hybridized carbons (Fsp3) is 0.781. The molecule has 0 saturated carbocycles. The van der Waals surface area contributed by atoms with E-state index < -0.39 is 78.1 Å². The maximum absolute atomic E-state index is 13.8. The SMILES string of the molecule is CCC(C)C1NC(=O)CNC(=O)C(C)N(C)C(=O)C(C)N(C)C(=O)C(CC(C)C)NC(=O)[C@H](CC(C)C)N(C)C(=O)CN(C)C1=O. The Kier molecular flexibility index (Phi) is 15.6. The van der Waals surface area contributed by atoms with Crippen molar-refractivity contribution in [2.75, 3.05) is 41.3 Å². The summed E-state index contributed by atoms with van der Waals surface area (Å²) in [5, 5.41) is 8.03. The number of nitrogens with one attached hydrogen (secondary N) is 3. The summed E-state index contributed by atoms with van der Waals surface area (Å²) < 4.78 is 0. The number of carbonyl (C=O) groups excluding carboxylic acids is 7. The molecule has 1 fully saturated rings. The topological polar surface area (TPSA) is 169 Å². The van der Waals surface area contributed by atoms with E-state index in [1.54, 1.807) is 6.92 Å². The van der Waals surface area contributed by atoms with Gasteiger partial charge in [-0.25, -0.2) is 0 Å². The summed E-state index contributed by atoms with van der Waals surface area (Å²) in [7, 11) is 5.83. The van der Waals surface area contributed by atoms with Crippen LogP contribution in [0, 0.1) is 17.8 Å². The summed E-state index contributed by atoms with van der Waals surface area (Å²) in [6.07, 6.45) is 1.13. The molecule has 0 aromatic heterocycles. The van der Waals surface area contributed by atoms with Crippen LogP contribution in [0.3, 0.4) is 0 Å². The molecule has 0 aromatic carbocycles. The lowest BCUT2D eigenvalue weighted by Gasteiger charge is -2.35. The van der Waals surface area contributed by atoms with Crippen molar-refractivity contribution >= 4 is 41.4 Å². The van der Waals surface area contributed by atoms with E-state index in [0.29, 0.717) is 12.8 Å². The van der Waals surface area contributed by atoms with Crippen LogP contribution in [0.25, 0.3) is 0 Å². The molecule has 14 nitrogen and oxygen atoms in total. The van der Waals surface area contributed by atoms with Gasteiger partial charge >= 0.3 is 0 Å². The molecule has 0 radical (unpaired) electrons. The number of likely N-dealkylation sites (N-methyl/N-ethyl adjacent to an activating group) is 4. The van der Waals surface area contributed by atoms with Gasteiger partial charge in [-0.1, -0.05) is 48.0 Å². The normalized spacial score (nSPS) is 26.7. The molecule has 14 heteroatoms. The van der Waals surface area contributed by atoms with Crippen LogP contribution in [-0.4, -0.2) is 132 Å². The van der Waals surface area contributed by atoms with Gasteiger partial charge in [0.25, 0.3) is 0 Å². The molecule has 1 aliphatic heterocycles. The van der Waals surface area contributed by atoms with Gasteiger partial charge in [-0.05, 0) is 44.4 Å². The Balaban J connectivity index is 3.63. The number of rotatable bonds is 6. The van der Waals surface area contributed by atoms with Crippen LogP contribution in [-0.2, 0) is 33.6 Å². The zero-order valence-electron chi connectivity index (χ0n) is 29.8. The fourth-order valence-corrected chi connectivity index (χ4v) is 5.14. The third-order valence-corrected chi connectivity index (χ3v) is 8.74. The molecule has 1 saturated heterocycles. The molecule has 7 amide bonds. The number of amides is 7. The van der Waals surface area contributed by atoms with E-state index in [1.807, 2.05) is 34.6 Å². The summed E-state index contributed by atoms with van der Waals surface area (Å²) in [5.74, 6) is -4.01. The molecule has 5 unspecified atom stereocenters. The molecule has 0 spiro atoms. The first kappa shape index (κ1) is 40.3. The van der Waals surface area contributed by atoms with Crippen LogP contribution in [0.4, 0.5) is 0 Å². The minimum atomic E-state index is -0.983. The van der Waals surface area contributed by atoms with E-state index in [4.69, 9.17) is 0 Å². The maximum Gasteiger partial charge on any atom is 0.245 e. The van der Waals surface area contributed by atoms with E-state index in [9.17, 15) is 33.6 Å². The average Bonchev–Trinajstić information content (AvgIpc) is 3.00. The summed E-state index contributed by atoms with van der Waals surface area (Å²) in [5.41, 5.74) is 0. The summed E-state index contributed by atoms with van der Waals surface area (Å²) in [6, 6.07) is -4.86. The minimum absolute atomic E-state index is 0.00637. The summed E-state index contributed by atoms with van der Waals surface area (Å²) in [4.78, 5) is 98.7. The number of hydrogen-bond donors (Lipinski definition) is 3. The highest BCUT2D eigenvalue weighted by atomic mass is 16.2. The largest absolute Gasteiger partial charge is 0.345 e. The average molecular weight is 652 g/mol. The Morgan fingerprint density at radius 2 is 1.24 bits per heavy atom. The summed E-state index contributed by atoms with van der Waals surface area (Å²) >= 11 is 0. The maximum atomic E-state index is 13.8. The van der Waals surface area contributed by atoms with Crippen LogP contribution in [0.5, 0.6) is 0 Å². The third kappa shape index (κ3) is 11.0.